The van der Waals surface area contributed by atoms with E-state index in [9.17, 15) is 13.6 Å². The Morgan fingerprint density at radius 3 is 2.59 bits per heavy atom. The minimum absolute atomic E-state index is 0.0186. The number of rotatable bonds is 3. The van der Waals surface area contributed by atoms with Gasteiger partial charge in [-0.15, -0.1) is 11.8 Å². The van der Waals surface area contributed by atoms with Gasteiger partial charge in [0.05, 0.1) is 4.90 Å². The smallest absolute Gasteiger partial charge is 0.211 e. The topological polar surface area (TPSA) is 29.4 Å². The van der Waals surface area contributed by atoms with Gasteiger partial charge in [-0.1, -0.05) is 6.07 Å². The SMILES string of the molecule is CSc1c(F)ccc(C2(N=C=O)CCC2)c1F. The molecule has 0 N–H and O–H groups in total. The zero-order chi connectivity index (χ0) is 12.5. The second-order valence-corrected chi connectivity index (χ2v) is 4.85. The molecule has 1 aromatic carbocycles. The summed E-state index contributed by atoms with van der Waals surface area (Å²) < 4.78 is 27.5. The second-order valence-electron chi connectivity index (χ2n) is 4.03. The molecule has 0 heterocycles. The van der Waals surface area contributed by atoms with Gasteiger partial charge in [0, 0.05) is 5.56 Å². The maximum atomic E-state index is 14.1. The molecule has 0 spiro atoms. The van der Waals surface area contributed by atoms with Gasteiger partial charge in [-0.3, -0.25) is 0 Å². The molecule has 1 saturated carbocycles. The van der Waals surface area contributed by atoms with Crippen molar-refractivity contribution in [1.82, 2.24) is 0 Å². The third-order valence-corrected chi connectivity index (χ3v) is 3.98. The maximum absolute atomic E-state index is 14.1. The third kappa shape index (κ3) is 1.90. The molecule has 0 saturated heterocycles. The molecule has 0 amide bonds. The molecule has 90 valence electrons. The third-order valence-electron chi connectivity index (χ3n) is 3.19. The van der Waals surface area contributed by atoms with Crippen LogP contribution in [0.2, 0.25) is 0 Å². The quantitative estimate of drug-likeness (QED) is 0.470. The van der Waals surface area contributed by atoms with Gasteiger partial charge >= 0.3 is 0 Å². The molecule has 1 aromatic rings. The van der Waals surface area contributed by atoms with Gasteiger partial charge in [0.2, 0.25) is 6.08 Å². The van der Waals surface area contributed by atoms with Crippen LogP contribution in [0.15, 0.2) is 22.0 Å². The number of carbonyl (C=O) groups excluding carboxylic acids is 1. The number of thioether (sulfide) groups is 1. The number of benzene rings is 1. The molecule has 0 atom stereocenters. The van der Waals surface area contributed by atoms with Gasteiger partial charge < -0.3 is 0 Å². The van der Waals surface area contributed by atoms with Crippen LogP contribution in [-0.2, 0) is 10.3 Å². The van der Waals surface area contributed by atoms with Gasteiger partial charge in [-0.05, 0) is 31.6 Å². The van der Waals surface area contributed by atoms with Gasteiger partial charge in [0.25, 0.3) is 0 Å². The molecule has 0 aromatic heterocycles. The van der Waals surface area contributed by atoms with Crippen LogP contribution >= 0.6 is 11.8 Å². The number of hydrogen-bond donors (Lipinski definition) is 0. The zero-order valence-electron chi connectivity index (χ0n) is 9.30. The minimum atomic E-state index is -0.815. The maximum Gasteiger partial charge on any atom is 0.235 e. The predicted molar refractivity (Wildman–Crippen MR) is 61.8 cm³/mol. The van der Waals surface area contributed by atoms with E-state index in [0.717, 1.165) is 18.2 Å². The minimum Gasteiger partial charge on any atom is -0.211 e. The van der Waals surface area contributed by atoms with Crippen molar-refractivity contribution in [2.75, 3.05) is 6.26 Å². The molecule has 2 nitrogen and oxygen atoms in total. The second kappa shape index (κ2) is 4.59. The first-order chi connectivity index (χ1) is 8.14. The highest BCUT2D eigenvalue weighted by Gasteiger charge is 2.41. The number of hydrogen-bond acceptors (Lipinski definition) is 3. The van der Waals surface area contributed by atoms with E-state index >= 15 is 0 Å². The fourth-order valence-corrected chi connectivity index (χ4v) is 2.67. The summed E-state index contributed by atoms with van der Waals surface area (Å²) in [6.07, 6.45) is 5.21. The van der Waals surface area contributed by atoms with E-state index in [1.54, 1.807) is 6.26 Å². The molecule has 0 radical (unpaired) electrons. The van der Waals surface area contributed by atoms with Crippen molar-refractivity contribution in [2.45, 2.75) is 29.7 Å². The first kappa shape index (κ1) is 12.3. The Balaban J connectivity index is 2.56. The van der Waals surface area contributed by atoms with E-state index in [0.29, 0.717) is 18.4 Å². The lowest BCUT2D eigenvalue weighted by Crippen LogP contribution is -2.33. The monoisotopic (exact) mass is 255 g/mol. The molecular formula is C12H11F2NOS. The first-order valence-corrected chi connectivity index (χ1v) is 6.48. The van der Waals surface area contributed by atoms with Crippen LogP contribution in [0.4, 0.5) is 8.78 Å². The Morgan fingerprint density at radius 1 is 1.41 bits per heavy atom. The summed E-state index contributed by atoms with van der Waals surface area (Å²) in [5.74, 6) is -1.18. The van der Waals surface area contributed by atoms with Crippen LogP contribution in [0.1, 0.15) is 24.8 Å². The average molecular weight is 255 g/mol. The molecule has 1 aliphatic rings. The van der Waals surface area contributed by atoms with Crippen molar-refractivity contribution < 1.29 is 13.6 Å². The Bertz CT molecular complexity index is 494. The lowest BCUT2D eigenvalue weighted by Gasteiger charge is -2.37. The Hall–Kier alpha value is -1.19. The van der Waals surface area contributed by atoms with Crippen LogP contribution in [0.25, 0.3) is 0 Å². The van der Waals surface area contributed by atoms with E-state index in [-0.39, 0.29) is 4.90 Å². The van der Waals surface area contributed by atoms with Gasteiger partial charge in [0.1, 0.15) is 17.2 Å². The molecule has 0 unspecified atom stereocenters. The van der Waals surface area contributed by atoms with Crippen LogP contribution in [0.3, 0.4) is 0 Å². The molecule has 0 bridgehead atoms. The fraction of sp³-hybridized carbons (Fsp3) is 0.417. The molecule has 2 rings (SSSR count). The summed E-state index contributed by atoms with van der Waals surface area (Å²) in [4.78, 5) is 14.1. The molecule has 17 heavy (non-hydrogen) atoms. The largest absolute Gasteiger partial charge is 0.235 e. The zero-order valence-corrected chi connectivity index (χ0v) is 10.1. The predicted octanol–water partition coefficient (Wildman–Crippen LogP) is 3.40. The van der Waals surface area contributed by atoms with Crippen LogP contribution in [0.5, 0.6) is 0 Å². The van der Waals surface area contributed by atoms with Crippen molar-refractivity contribution >= 4 is 17.8 Å². The Kier molecular flexibility index (Phi) is 3.31. The number of aliphatic imine (C=N–C) groups is 1. The number of nitrogens with zero attached hydrogens (tertiary/aromatic N) is 1. The van der Waals surface area contributed by atoms with Gasteiger partial charge in [-0.25, -0.2) is 13.6 Å². The molecular weight excluding hydrogens is 244 g/mol. The number of halogens is 2. The highest BCUT2D eigenvalue weighted by Crippen LogP contribution is 2.46. The van der Waals surface area contributed by atoms with Gasteiger partial charge in [0.15, 0.2) is 0 Å². The lowest BCUT2D eigenvalue weighted by atomic mass is 9.72. The average Bonchev–Trinajstić information content (AvgIpc) is 2.25. The van der Waals surface area contributed by atoms with E-state index in [1.807, 2.05) is 0 Å². The summed E-state index contributed by atoms with van der Waals surface area (Å²) in [6, 6.07) is 2.61. The highest BCUT2D eigenvalue weighted by atomic mass is 32.2. The first-order valence-electron chi connectivity index (χ1n) is 5.26. The number of isocyanates is 1. The molecule has 5 heteroatoms. The van der Waals surface area contributed by atoms with Crippen molar-refractivity contribution in [3.63, 3.8) is 0 Å². The summed E-state index contributed by atoms with van der Waals surface area (Å²) in [6.45, 7) is 0. The molecule has 1 aliphatic carbocycles. The van der Waals surface area contributed by atoms with Gasteiger partial charge in [-0.2, -0.15) is 4.99 Å². The summed E-state index contributed by atoms with van der Waals surface area (Å²) in [5, 5.41) is 0. The summed E-state index contributed by atoms with van der Waals surface area (Å²) in [7, 11) is 0. The fourth-order valence-electron chi connectivity index (χ4n) is 2.12. The van der Waals surface area contributed by atoms with Crippen molar-refractivity contribution in [1.29, 1.82) is 0 Å². The Labute approximate surface area is 102 Å². The van der Waals surface area contributed by atoms with E-state index in [2.05, 4.69) is 4.99 Å². The molecule has 0 aliphatic heterocycles. The highest BCUT2D eigenvalue weighted by molar-refractivity contribution is 7.98. The van der Waals surface area contributed by atoms with E-state index < -0.39 is 17.2 Å². The van der Waals surface area contributed by atoms with Crippen LogP contribution in [-0.4, -0.2) is 12.3 Å². The summed E-state index contributed by atoms with van der Waals surface area (Å²) in [5.41, 5.74) is -0.512. The van der Waals surface area contributed by atoms with Crippen LogP contribution in [0, 0.1) is 11.6 Å². The normalized spacial score (nSPS) is 17.1. The molecule has 1 fully saturated rings. The van der Waals surface area contributed by atoms with Crippen molar-refractivity contribution in [3.05, 3.63) is 29.3 Å². The summed E-state index contributed by atoms with van der Waals surface area (Å²) >= 11 is 1.01. The van der Waals surface area contributed by atoms with Crippen molar-refractivity contribution in [3.8, 4) is 0 Å². The Morgan fingerprint density at radius 2 is 2.12 bits per heavy atom. The van der Waals surface area contributed by atoms with Crippen LogP contribution < -0.4 is 0 Å². The van der Waals surface area contributed by atoms with E-state index in [1.165, 1.54) is 18.2 Å². The standard InChI is InChI=1S/C12H11F2NOS/c1-17-11-9(13)4-3-8(10(11)14)12(15-7-16)5-2-6-12/h3-4H,2,5-6H2,1H3. The lowest BCUT2D eigenvalue weighted by molar-refractivity contribution is 0.245. The van der Waals surface area contributed by atoms with Crippen molar-refractivity contribution in [2.24, 2.45) is 4.99 Å². The van der Waals surface area contributed by atoms with E-state index in [4.69, 9.17) is 0 Å².